The molecule has 0 saturated carbocycles. The third kappa shape index (κ3) is 4.21. The number of nitro benzene ring substituents is 1. The molecule has 1 atom stereocenters. The molecule has 10 nitrogen and oxygen atoms in total. The second-order valence-corrected chi connectivity index (χ2v) is 7.53. The molecule has 2 aromatic carbocycles. The molecule has 10 heteroatoms. The Labute approximate surface area is 182 Å². The Morgan fingerprint density at radius 1 is 1.19 bits per heavy atom. The maximum atomic E-state index is 12.9. The van der Waals surface area contributed by atoms with Gasteiger partial charge in [0.05, 0.1) is 17.7 Å². The molecule has 1 unspecified atom stereocenters. The lowest BCUT2D eigenvalue weighted by Gasteiger charge is -2.14. The first kappa shape index (κ1) is 21.2. The molecule has 0 radical (unpaired) electrons. The number of hydrogen-bond donors (Lipinski definition) is 1. The number of fused-ring (bicyclic) bond motifs is 1. The van der Waals surface area contributed by atoms with E-state index in [0.717, 1.165) is 11.1 Å². The number of nitrogens with zero attached hydrogens (tertiary/aromatic N) is 5. The molecule has 0 fully saturated rings. The number of aliphatic hydroxyl groups excluding tert-OH is 1. The average Bonchev–Trinajstić information content (AvgIpc) is 3.18. The molecular formula is C22H21N5O5. The molecule has 4 rings (SSSR count). The first-order chi connectivity index (χ1) is 15.3. The second kappa shape index (κ2) is 8.60. The molecule has 164 valence electrons. The van der Waals surface area contributed by atoms with Crippen LogP contribution in [-0.4, -0.2) is 42.1 Å². The number of aliphatic hydroxyl groups is 1. The van der Waals surface area contributed by atoms with Gasteiger partial charge in [0.25, 0.3) is 11.2 Å². The summed E-state index contributed by atoms with van der Waals surface area (Å²) in [6.45, 7) is 3.90. The van der Waals surface area contributed by atoms with Crippen LogP contribution in [-0.2, 0) is 6.54 Å². The van der Waals surface area contributed by atoms with Crippen LogP contribution in [0, 0.1) is 24.0 Å². The molecule has 0 aliphatic rings. The Kier molecular flexibility index (Phi) is 5.69. The number of hydrogen-bond acceptors (Lipinski definition) is 7. The highest BCUT2D eigenvalue weighted by Crippen LogP contribution is 2.24. The molecule has 4 aromatic rings. The number of rotatable bonds is 7. The highest BCUT2D eigenvalue weighted by Gasteiger charge is 2.19. The molecule has 0 spiro atoms. The topological polar surface area (TPSA) is 125 Å². The molecule has 0 amide bonds. The smallest absolute Gasteiger partial charge is 0.294 e. The molecule has 32 heavy (non-hydrogen) atoms. The molecule has 1 N–H and O–H groups in total. The summed E-state index contributed by atoms with van der Waals surface area (Å²) in [5.41, 5.74) is 1.94. The maximum Gasteiger partial charge on any atom is 0.294 e. The third-order valence-corrected chi connectivity index (χ3v) is 4.91. The Morgan fingerprint density at radius 3 is 2.62 bits per heavy atom. The van der Waals surface area contributed by atoms with Crippen LogP contribution in [0.2, 0.25) is 0 Å². The zero-order valence-corrected chi connectivity index (χ0v) is 17.5. The summed E-state index contributed by atoms with van der Waals surface area (Å²) < 4.78 is 8.19. The summed E-state index contributed by atoms with van der Waals surface area (Å²) in [5.74, 6) is 0.646. The fourth-order valence-corrected chi connectivity index (χ4v) is 3.54. The van der Waals surface area contributed by atoms with Crippen molar-refractivity contribution in [1.29, 1.82) is 0 Å². The minimum absolute atomic E-state index is 0.00282. The van der Waals surface area contributed by atoms with Crippen molar-refractivity contribution in [1.82, 2.24) is 19.3 Å². The highest BCUT2D eigenvalue weighted by molar-refractivity contribution is 5.76. The lowest BCUT2D eigenvalue weighted by atomic mass is 10.1. The van der Waals surface area contributed by atoms with Gasteiger partial charge in [-0.05, 0) is 43.2 Å². The van der Waals surface area contributed by atoms with Gasteiger partial charge in [0, 0.05) is 6.07 Å². The van der Waals surface area contributed by atoms with Crippen molar-refractivity contribution in [2.24, 2.45) is 0 Å². The van der Waals surface area contributed by atoms with E-state index in [9.17, 15) is 20.0 Å². The first-order valence-corrected chi connectivity index (χ1v) is 9.89. The summed E-state index contributed by atoms with van der Waals surface area (Å²) in [6.07, 6.45) is 1.66. The molecule has 2 aromatic heterocycles. The maximum absolute atomic E-state index is 12.9. The van der Waals surface area contributed by atoms with E-state index in [-0.39, 0.29) is 35.6 Å². The van der Waals surface area contributed by atoms with E-state index in [2.05, 4.69) is 10.1 Å². The zero-order chi connectivity index (χ0) is 22.8. The van der Waals surface area contributed by atoms with Crippen molar-refractivity contribution >= 4 is 16.7 Å². The van der Waals surface area contributed by atoms with Crippen LogP contribution in [0.5, 0.6) is 5.75 Å². The van der Waals surface area contributed by atoms with E-state index in [1.165, 1.54) is 33.9 Å². The minimum Gasteiger partial charge on any atom is -0.491 e. The highest BCUT2D eigenvalue weighted by atomic mass is 16.6. The Hall–Kier alpha value is -4.05. The van der Waals surface area contributed by atoms with Gasteiger partial charge < -0.3 is 9.84 Å². The predicted octanol–water partition coefficient (Wildman–Crippen LogP) is 2.55. The van der Waals surface area contributed by atoms with Crippen molar-refractivity contribution in [2.45, 2.75) is 26.5 Å². The second-order valence-electron chi connectivity index (χ2n) is 7.53. The van der Waals surface area contributed by atoms with Crippen LogP contribution in [0.1, 0.15) is 11.1 Å². The number of para-hydroxylation sites is 2. The quantitative estimate of drug-likeness (QED) is 0.349. The zero-order valence-electron chi connectivity index (χ0n) is 17.5. The fraction of sp³-hybridized carbons (Fsp3) is 0.227. The van der Waals surface area contributed by atoms with Crippen molar-refractivity contribution in [2.75, 3.05) is 6.61 Å². The van der Waals surface area contributed by atoms with Crippen LogP contribution in [0.4, 0.5) is 5.69 Å². The summed E-state index contributed by atoms with van der Waals surface area (Å²) in [7, 11) is 0. The number of aryl methyl sites for hydroxylation is 2. The Bertz CT molecular complexity index is 1340. The summed E-state index contributed by atoms with van der Waals surface area (Å²) in [6, 6.07) is 11.8. The SMILES string of the molecule is Cc1cc(C)cc(OCC(O)Cn2cnc3c(cnn3-c3ccccc3[N+](=O)[O-])c2=O)c1. The van der Waals surface area contributed by atoms with Gasteiger partial charge in [0.2, 0.25) is 0 Å². The van der Waals surface area contributed by atoms with Gasteiger partial charge in [-0.1, -0.05) is 18.2 Å². The minimum atomic E-state index is -0.946. The monoisotopic (exact) mass is 435 g/mol. The Morgan fingerprint density at radius 2 is 1.91 bits per heavy atom. The summed E-state index contributed by atoms with van der Waals surface area (Å²) >= 11 is 0. The fourth-order valence-electron chi connectivity index (χ4n) is 3.54. The van der Waals surface area contributed by atoms with Crippen LogP contribution >= 0.6 is 0 Å². The molecular weight excluding hydrogens is 414 g/mol. The number of nitro groups is 1. The summed E-state index contributed by atoms with van der Waals surface area (Å²) in [5, 5.41) is 26.0. The lowest BCUT2D eigenvalue weighted by molar-refractivity contribution is -0.384. The van der Waals surface area contributed by atoms with Crippen LogP contribution in [0.15, 0.2) is 59.8 Å². The van der Waals surface area contributed by atoms with Gasteiger partial charge in [0.15, 0.2) is 5.65 Å². The number of aromatic nitrogens is 4. The van der Waals surface area contributed by atoms with E-state index in [1.807, 2.05) is 32.0 Å². The van der Waals surface area contributed by atoms with E-state index in [4.69, 9.17) is 4.74 Å². The van der Waals surface area contributed by atoms with Crippen LogP contribution in [0.25, 0.3) is 16.7 Å². The van der Waals surface area contributed by atoms with Crippen molar-refractivity contribution in [3.05, 3.63) is 86.6 Å². The molecule has 2 heterocycles. The van der Waals surface area contributed by atoms with Gasteiger partial charge in [-0.3, -0.25) is 19.5 Å². The van der Waals surface area contributed by atoms with Gasteiger partial charge in [-0.2, -0.15) is 5.10 Å². The van der Waals surface area contributed by atoms with Gasteiger partial charge in [0.1, 0.15) is 35.9 Å². The molecule has 0 aliphatic heterocycles. The van der Waals surface area contributed by atoms with E-state index < -0.39 is 16.6 Å². The van der Waals surface area contributed by atoms with Crippen LogP contribution < -0.4 is 10.3 Å². The van der Waals surface area contributed by atoms with Crippen molar-refractivity contribution < 1.29 is 14.8 Å². The largest absolute Gasteiger partial charge is 0.491 e. The van der Waals surface area contributed by atoms with E-state index in [0.29, 0.717) is 5.75 Å². The standard InChI is InChI=1S/C22H21N5O5/c1-14-7-15(2)9-17(8-14)32-12-16(28)11-25-13-23-21-18(22(25)29)10-24-26(21)19-5-3-4-6-20(19)27(30)31/h3-10,13,16,28H,11-12H2,1-2H3. The molecule has 0 bridgehead atoms. The number of benzene rings is 2. The summed E-state index contributed by atoms with van der Waals surface area (Å²) in [4.78, 5) is 28.0. The van der Waals surface area contributed by atoms with Crippen molar-refractivity contribution in [3.63, 3.8) is 0 Å². The predicted molar refractivity (Wildman–Crippen MR) is 117 cm³/mol. The Balaban J connectivity index is 1.56. The van der Waals surface area contributed by atoms with Gasteiger partial charge >= 0.3 is 0 Å². The van der Waals surface area contributed by atoms with E-state index in [1.54, 1.807) is 12.1 Å². The van der Waals surface area contributed by atoms with Crippen molar-refractivity contribution in [3.8, 4) is 11.4 Å². The van der Waals surface area contributed by atoms with Crippen LogP contribution in [0.3, 0.4) is 0 Å². The van der Waals surface area contributed by atoms with E-state index >= 15 is 0 Å². The molecule has 0 aliphatic carbocycles. The normalized spacial score (nSPS) is 12.1. The average molecular weight is 435 g/mol. The third-order valence-electron chi connectivity index (χ3n) is 4.91. The van der Waals surface area contributed by atoms with Gasteiger partial charge in [-0.15, -0.1) is 0 Å². The van der Waals surface area contributed by atoms with Gasteiger partial charge in [-0.25, -0.2) is 9.67 Å². The molecule has 0 saturated heterocycles. The first-order valence-electron chi connectivity index (χ1n) is 9.89. The lowest BCUT2D eigenvalue weighted by Crippen LogP contribution is -2.30. The number of ether oxygens (including phenoxy) is 1.